The molecule has 0 aromatic carbocycles. The summed E-state index contributed by atoms with van der Waals surface area (Å²) in [5, 5.41) is 11.8. The van der Waals surface area contributed by atoms with Crippen LogP contribution in [-0.4, -0.2) is 28.6 Å². The lowest BCUT2D eigenvalue weighted by atomic mass is 10.1. The van der Waals surface area contributed by atoms with Crippen molar-refractivity contribution in [2.45, 2.75) is 45.1 Å². The fourth-order valence-electron chi connectivity index (χ4n) is 2.68. The lowest BCUT2D eigenvalue weighted by Crippen LogP contribution is -2.35. The van der Waals surface area contributed by atoms with Crippen LogP contribution in [0.25, 0.3) is 0 Å². The second kappa shape index (κ2) is 6.41. The highest BCUT2D eigenvalue weighted by molar-refractivity contribution is 5.95. The van der Waals surface area contributed by atoms with Gasteiger partial charge < -0.3 is 15.8 Å². The van der Waals surface area contributed by atoms with Gasteiger partial charge in [0.05, 0.1) is 0 Å². The second-order valence-corrected chi connectivity index (χ2v) is 4.97. The molecule has 19 heavy (non-hydrogen) atoms. The Kier molecular flexibility index (Phi) is 4.60. The summed E-state index contributed by atoms with van der Waals surface area (Å²) in [5.74, 6) is 0.988. The molecule has 1 unspecified atom stereocenters. The van der Waals surface area contributed by atoms with Gasteiger partial charge in [0.1, 0.15) is 11.5 Å². The van der Waals surface area contributed by atoms with Gasteiger partial charge in [-0.2, -0.15) is 0 Å². The van der Waals surface area contributed by atoms with Crippen LogP contribution in [0.5, 0.6) is 0 Å². The molecule has 0 amide bonds. The zero-order valence-corrected chi connectivity index (χ0v) is 11.4. The summed E-state index contributed by atoms with van der Waals surface area (Å²) < 4.78 is 0. The van der Waals surface area contributed by atoms with E-state index in [0.717, 1.165) is 18.8 Å². The van der Waals surface area contributed by atoms with Crippen LogP contribution in [0, 0.1) is 0 Å². The molecule has 0 bridgehead atoms. The number of oxime groups is 1. The highest BCUT2D eigenvalue weighted by Crippen LogP contribution is 2.24. The summed E-state index contributed by atoms with van der Waals surface area (Å²) >= 11 is 0. The largest absolute Gasteiger partial charge is 0.409 e. The van der Waals surface area contributed by atoms with Crippen molar-refractivity contribution in [1.29, 1.82) is 0 Å². The van der Waals surface area contributed by atoms with Gasteiger partial charge in [-0.3, -0.25) is 0 Å². The molecule has 5 heteroatoms. The first-order chi connectivity index (χ1) is 9.26. The fourth-order valence-corrected chi connectivity index (χ4v) is 2.68. The standard InChI is InChI=1S/C14H22N4O/c1-2-11-7-4-3-5-10-18(11)13-9-6-8-12(16-13)14(15)17-19/h6,8-9,11,19H,2-5,7,10H2,1H3,(H2,15,17). The van der Waals surface area contributed by atoms with Crippen molar-refractivity contribution in [3.8, 4) is 0 Å². The third-order valence-electron chi connectivity index (χ3n) is 3.75. The SMILES string of the molecule is CCC1CCCCCN1c1cccc(/C(N)=N/O)n1. The maximum atomic E-state index is 8.74. The number of hydrogen-bond acceptors (Lipinski definition) is 4. The number of nitrogens with two attached hydrogens (primary N) is 1. The van der Waals surface area contributed by atoms with Crippen LogP contribution in [0.3, 0.4) is 0 Å². The minimum atomic E-state index is 0.0599. The number of nitrogens with zero attached hydrogens (tertiary/aromatic N) is 3. The summed E-state index contributed by atoms with van der Waals surface area (Å²) in [6.45, 7) is 3.25. The molecule has 1 atom stereocenters. The predicted octanol–water partition coefficient (Wildman–Crippen LogP) is 2.34. The van der Waals surface area contributed by atoms with Crippen LogP contribution in [0.2, 0.25) is 0 Å². The molecule has 2 heterocycles. The lowest BCUT2D eigenvalue weighted by molar-refractivity contribution is 0.318. The van der Waals surface area contributed by atoms with E-state index in [9.17, 15) is 0 Å². The maximum absolute atomic E-state index is 8.74. The van der Waals surface area contributed by atoms with Gasteiger partial charge in [-0.1, -0.05) is 31.0 Å². The zero-order chi connectivity index (χ0) is 13.7. The first-order valence-electron chi connectivity index (χ1n) is 6.98. The molecule has 0 aliphatic carbocycles. The van der Waals surface area contributed by atoms with Crippen molar-refractivity contribution in [1.82, 2.24) is 4.98 Å². The number of rotatable bonds is 3. The number of pyridine rings is 1. The van der Waals surface area contributed by atoms with Gasteiger partial charge in [0, 0.05) is 12.6 Å². The Bertz CT molecular complexity index is 447. The maximum Gasteiger partial charge on any atom is 0.188 e. The average Bonchev–Trinajstić information content (AvgIpc) is 2.71. The molecule has 1 fully saturated rings. The Morgan fingerprint density at radius 3 is 3.05 bits per heavy atom. The van der Waals surface area contributed by atoms with Crippen LogP contribution in [0.15, 0.2) is 23.4 Å². The van der Waals surface area contributed by atoms with E-state index in [2.05, 4.69) is 22.0 Å². The highest BCUT2D eigenvalue weighted by Gasteiger charge is 2.21. The summed E-state index contributed by atoms with van der Waals surface area (Å²) in [5.41, 5.74) is 6.14. The quantitative estimate of drug-likeness (QED) is 0.379. The van der Waals surface area contributed by atoms with Crippen LogP contribution >= 0.6 is 0 Å². The Labute approximate surface area is 114 Å². The summed E-state index contributed by atoms with van der Waals surface area (Å²) in [6.07, 6.45) is 6.11. The second-order valence-electron chi connectivity index (χ2n) is 4.97. The smallest absolute Gasteiger partial charge is 0.188 e. The third-order valence-corrected chi connectivity index (χ3v) is 3.75. The molecular weight excluding hydrogens is 240 g/mol. The number of hydrogen-bond donors (Lipinski definition) is 2. The minimum Gasteiger partial charge on any atom is -0.409 e. The van der Waals surface area contributed by atoms with E-state index in [-0.39, 0.29) is 5.84 Å². The number of anilines is 1. The van der Waals surface area contributed by atoms with E-state index in [1.54, 1.807) is 6.07 Å². The monoisotopic (exact) mass is 262 g/mol. The van der Waals surface area contributed by atoms with Crippen molar-refractivity contribution >= 4 is 11.7 Å². The molecule has 1 aromatic rings. The molecule has 104 valence electrons. The normalized spacial score (nSPS) is 21.2. The van der Waals surface area contributed by atoms with E-state index in [1.165, 1.54) is 25.7 Å². The molecule has 1 aliphatic heterocycles. The van der Waals surface area contributed by atoms with Crippen molar-refractivity contribution in [3.63, 3.8) is 0 Å². The molecule has 5 nitrogen and oxygen atoms in total. The molecule has 1 saturated heterocycles. The molecule has 0 radical (unpaired) electrons. The van der Waals surface area contributed by atoms with Gasteiger partial charge in [0.25, 0.3) is 0 Å². The van der Waals surface area contributed by atoms with E-state index in [4.69, 9.17) is 10.9 Å². The average molecular weight is 262 g/mol. The van der Waals surface area contributed by atoms with Crippen LogP contribution in [0.1, 0.15) is 44.7 Å². The highest BCUT2D eigenvalue weighted by atomic mass is 16.4. The first-order valence-corrected chi connectivity index (χ1v) is 6.98. The minimum absolute atomic E-state index is 0.0599. The van der Waals surface area contributed by atoms with Gasteiger partial charge in [0.2, 0.25) is 0 Å². The van der Waals surface area contributed by atoms with E-state index in [0.29, 0.717) is 11.7 Å². The molecule has 2 rings (SSSR count). The topological polar surface area (TPSA) is 74.7 Å². The van der Waals surface area contributed by atoms with Gasteiger partial charge in [-0.25, -0.2) is 4.98 Å². The van der Waals surface area contributed by atoms with E-state index >= 15 is 0 Å². The summed E-state index contributed by atoms with van der Waals surface area (Å²) in [7, 11) is 0. The van der Waals surface area contributed by atoms with Gasteiger partial charge in [-0.15, -0.1) is 0 Å². The van der Waals surface area contributed by atoms with Crippen molar-refractivity contribution in [3.05, 3.63) is 23.9 Å². The molecular formula is C14H22N4O. The third kappa shape index (κ3) is 3.16. The van der Waals surface area contributed by atoms with Crippen molar-refractivity contribution < 1.29 is 5.21 Å². The fraction of sp³-hybridized carbons (Fsp3) is 0.571. The predicted molar refractivity (Wildman–Crippen MR) is 76.6 cm³/mol. The number of aromatic nitrogens is 1. The van der Waals surface area contributed by atoms with Crippen LogP contribution in [-0.2, 0) is 0 Å². The Morgan fingerprint density at radius 2 is 2.32 bits per heavy atom. The van der Waals surface area contributed by atoms with Crippen LogP contribution < -0.4 is 10.6 Å². The van der Waals surface area contributed by atoms with Crippen molar-refractivity contribution in [2.24, 2.45) is 10.9 Å². The Balaban J connectivity index is 2.28. The molecule has 1 aliphatic rings. The van der Waals surface area contributed by atoms with Gasteiger partial charge in [0.15, 0.2) is 5.84 Å². The van der Waals surface area contributed by atoms with Crippen LogP contribution in [0.4, 0.5) is 5.82 Å². The Hall–Kier alpha value is -1.78. The molecule has 1 aromatic heterocycles. The Morgan fingerprint density at radius 1 is 1.47 bits per heavy atom. The molecule has 0 spiro atoms. The van der Waals surface area contributed by atoms with E-state index in [1.807, 2.05) is 12.1 Å². The zero-order valence-electron chi connectivity index (χ0n) is 11.4. The van der Waals surface area contributed by atoms with Gasteiger partial charge in [-0.05, 0) is 31.4 Å². The summed E-state index contributed by atoms with van der Waals surface area (Å²) in [6, 6.07) is 6.21. The lowest BCUT2D eigenvalue weighted by Gasteiger charge is -2.30. The van der Waals surface area contributed by atoms with Crippen molar-refractivity contribution in [2.75, 3.05) is 11.4 Å². The molecule has 3 N–H and O–H groups in total. The number of amidine groups is 1. The van der Waals surface area contributed by atoms with E-state index < -0.39 is 0 Å². The first kappa shape index (κ1) is 13.6. The summed E-state index contributed by atoms with van der Waals surface area (Å²) in [4.78, 5) is 6.88. The van der Waals surface area contributed by atoms with Gasteiger partial charge >= 0.3 is 0 Å². The molecule has 0 saturated carbocycles.